The van der Waals surface area contributed by atoms with E-state index in [1.54, 1.807) is 13.8 Å². The van der Waals surface area contributed by atoms with Crippen LogP contribution in [0.15, 0.2) is 18.2 Å². The van der Waals surface area contributed by atoms with Crippen molar-refractivity contribution in [1.29, 1.82) is 5.26 Å². The Morgan fingerprint density at radius 3 is 2.46 bits per heavy atom. The third-order valence-corrected chi connectivity index (χ3v) is 6.24. The topological polar surface area (TPSA) is 79.6 Å². The molecule has 0 spiro atoms. The normalized spacial score (nSPS) is 36.8. The summed E-state index contributed by atoms with van der Waals surface area (Å²) in [4.78, 5) is 27.0. The van der Waals surface area contributed by atoms with Gasteiger partial charge < -0.3 is 9.47 Å². The lowest BCUT2D eigenvalue weighted by Gasteiger charge is -2.34. The summed E-state index contributed by atoms with van der Waals surface area (Å²) >= 11 is 0. The molecule has 0 aliphatic carbocycles. The second-order valence-corrected chi connectivity index (χ2v) is 7.83. The molecule has 2 amide bonds. The molecule has 0 saturated carbocycles. The first-order chi connectivity index (χ1) is 13.0. The summed E-state index contributed by atoms with van der Waals surface area (Å²) in [5, 5.41) is 8.95. The molecule has 0 aromatic heterocycles. The molecule has 9 heteroatoms. The number of rotatable bonds is 2. The number of hydrogen-bond donors (Lipinski definition) is 0. The minimum atomic E-state index is -4.79. The van der Waals surface area contributed by atoms with Gasteiger partial charge in [0, 0.05) is 13.5 Å². The number of halogens is 3. The number of nitriles is 1. The Morgan fingerprint density at radius 1 is 1.25 bits per heavy atom. The molecule has 28 heavy (non-hydrogen) atoms. The van der Waals surface area contributed by atoms with Crippen molar-refractivity contribution < 1.29 is 32.2 Å². The van der Waals surface area contributed by atoms with E-state index in [0.29, 0.717) is 12.5 Å². The molecule has 1 aromatic rings. The molecule has 3 aliphatic heterocycles. The minimum absolute atomic E-state index is 0.198. The van der Waals surface area contributed by atoms with E-state index in [1.165, 1.54) is 19.2 Å². The summed E-state index contributed by atoms with van der Waals surface area (Å²) in [5.74, 6) is -2.83. The highest BCUT2D eigenvalue weighted by atomic mass is 19.4. The molecule has 0 N–H and O–H groups in total. The Hall–Kier alpha value is -2.44. The molecule has 0 radical (unpaired) electrons. The van der Waals surface area contributed by atoms with Gasteiger partial charge in [0.15, 0.2) is 0 Å². The molecule has 4 rings (SSSR count). The second kappa shape index (κ2) is 5.55. The fourth-order valence-corrected chi connectivity index (χ4v) is 5.07. The Bertz CT molecular complexity index is 940. The van der Waals surface area contributed by atoms with Crippen LogP contribution in [0.2, 0.25) is 0 Å². The van der Waals surface area contributed by atoms with Gasteiger partial charge in [-0.05, 0) is 32.0 Å². The molecule has 2 bridgehead atoms. The number of methoxy groups -OCH3 is 1. The van der Waals surface area contributed by atoms with Crippen LogP contribution >= 0.6 is 0 Å². The van der Waals surface area contributed by atoms with E-state index < -0.39 is 58.3 Å². The highest BCUT2D eigenvalue weighted by Crippen LogP contribution is 2.61. The first-order valence-corrected chi connectivity index (χ1v) is 8.70. The predicted molar refractivity (Wildman–Crippen MR) is 88.9 cm³/mol. The van der Waals surface area contributed by atoms with Crippen LogP contribution in [0.25, 0.3) is 0 Å². The van der Waals surface area contributed by atoms with Crippen molar-refractivity contribution in [3.05, 3.63) is 29.3 Å². The number of ether oxygens (including phenoxy) is 2. The fraction of sp³-hybridized carbons (Fsp3) is 0.526. The lowest BCUT2D eigenvalue weighted by Crippen LogP contribution is -2.49. The standard InChI is InChI=1S/C19H17F3N2O4/c1-17-7-12(27-3)18(2,28-17)14-13(17)15(25)24(16(14)26)10-5-4-9(8-23)11(6-10)19(20,21)22/h4-6,12-14H,7H2,1-3H3/t12-,13+,14-,17+,18-/m0/s1. The fourth-order valence-electron chi connectivity index (χ4n) is 5.07. The van der Waals surface area contributed by atoms with Crippen molar-refractivity contribution in [3.63, 3.8) is 0 Å². The van der Waals surface area contributed by atoms with Crippen LogP contribution in [0, 0.1) is 23.2 Å². The number of alkyl halides is 3. The Balaban J connectivity index is 1.80. The van der Waals surface area contributed by atoms with Gasteiger partial charge in [-0.3, -0.25) is 9.59 Å². The van der Waals surface area contributed by atoms with Gasteiger partial charge in [0.25, 0.3) is 0 Å². The monoisotopic (exact) mass is 394 g/mol. The maximum atomic E-state index is 13.3. The van der Waals surface area contributed by atoms with E-state index in [-0.39, 0.29) is 5.69 Å². The van der Waals surface area contributed by atoms with Gasteiger partial charge in [-0.1, -0.05) is 0 Å². The largest absolute Gasteiger partial charge is 0.417 e. The number of imide groups is 1. The molecule has 1 aromatic carbocycles. The lowest BCUT2D eigenvalue weighted by molar-refractivity contribution is -0.138. The van der Waals surface area contributed by atoms with Gasteiger partial charge in [0.05, 0.1) is 46.4 Å². The van der Waals surface area contributed by atoms with E-state index in [9.17, 15) is 22.8 Å². The summed E-state index contributed by atoms with van der Waals surface area (Å²) < 4.78 is 51.4. The highest BCUT2D eigenvalue weighted by molar-refractivity contribution is 6.23. The zero-order chi connectivity index (χ0) is 20.6. The quantitative estimate of drug-likeness (QED) is 0.721. The Kier molecular flexibility index (Phi) is 3.75. The van der Waals surface area contributed by atoms with Crippen molar-refractivity contribution in [2.45, 2.75) is 43.8 Å². The minimum Gasteiger partial charge on any atom is -0.378 e. The highest BCUT2D eigenvalue weighted by Gasteiger charge is 2.76. The molecule has 3 fully saturated rings. The van der Waals surface area contributed by atoms with E-state index in [2.05, 4.69) is 0 Å². The molecule has 3 aliphatic rings. The summed E-state index contributed by atoms with van der Waals surface area (Å²) in [5.41, 5.74) is -3.92. The van der Waals surface area contributed by atoms with E-state index >= 15 is 0 Å². The van der Waals surface area contributed by atoms with E-state index in [4.69, 9.17) is 14.7 Å². The van der Waals surface area contributed by atoms with Gasteiger partial charge in [-0.15, -0.1) is 0 Å². The number of carbonyl (C=O) groups excluding carboxylic acids is 2. The molecule has 148 valence electrons. The number of benzene rings is 1. The van der Waals surface area contributed by atoms with E-state index in [0.717, 1.165) is 11.0 Å². The Labute approximate surface area is 158 Å². The van der Waals surface area contributed by atoms with Crippen molar-refractivity contribution in [1.82, 2.24) is 0 Å². The average molecular weight is 394 g/mol. The molecule has 5 atom stereocenters. The van der Waals surface area contributed by atoms with Crippen LogP contribution in [0.1, 0.15) is 31.4 Å². The number of amides is 2. The third-order valence-electron chi connectivity index (χ3n) is 6.24. The molecule has 0 unspecified atom stereocenters. The zero-order valence-electron chi connectivity index (χ0n) is 15.3. The zero-order valence-corrected chi connectivity index (χ0v) is 15.3. The van der Waals surface area contributed by atoms with Crippen LogP contribution in [-0.4, -0.2) is 36.2 Å². The van der Waals surface area contributed by atoms with Gasteiger partial charge in [0.2, 0.25) is 11.8 Å². The summed E-state index contributed by atoms with van der Waals surface area (Å²) in [6.07, 6.45) is -4.78. The van der Waals surface area contributed by atoms with Gasteiger partial charge >= 0.3 is 6.18 Å². The third kappa shape index (κ3) is 2.22. The number of hydrogen-bond acceptors (Lipinski definition) is 5. The van der Waals surface area contributed by atoms with E-state index in [1.807, 2.05) is 0 Å². The van der Waals surface area contributed by atoms with Crippen LogP contribution in [0.4, 0.5) is 18.9 Å². The molecule has 3 heterocycles. The van der Waals surface area contributed by atoms with Crippen LogP contribution in [0.5, 0.6) is 0 Å². The molecule has 6 nitrogen and oxygen atoms in total. The van der Waals surface area contributed by atoms with Gasteiger partial charge in [-0.2, -0.15) is 18.4 Å². The molecular weight excluding hydrogens is 377 g/mol. The Morgan fingerprint density at radius 2 is 1.89 bits per heavy atom. The second-order valence-electron chi connectivity index (χ2n) is 7.83. The maximum Gasteiger partial charge on any atom is 0.417 e. The number of carbonyl (C=O) groups is 2. The van der Waals surface area contributed by atoms with Gasteiger partial charge in [-0.25, -0.2) is 4.90 Å². The smallest absolute Gasteiger partial charge is 0.378 e. The first-order valence-electron chi connectivity index (χ1n) is 8.70. The van der Waals surface area contributed by atoms with Crippen LogP contribution < -0.4 is 4.90 Å². The van der Waals surface area contributed by atoms with Crippen LogP contribution in [0.3, 0.4) is 0 Å². The van der Waals surface area contributed by atoms with Crippen molar-refractivity contribution >= 4 is 17.5 Å². The maximum absolute atomic E-state index is 13.3. The summed E-state index contributed by atoms with van der Waals surface area (Å²) in [7, 11) is 1.49. The predicted octanol–water partition coefficient (Wildman–Crippen LogP) is 2.65. The molecular formula is C19H17F3N2O4. The number of nitrogens with zero attached hydrogens (tertiary/aromatic N) is 2. The summed E-state index contributed by atoms with van der Waals surface area (Å²) in [6, 6.07) is 4.32. The lowest BCUT2D eigenvalue weighted by atomic mass is 9.67. The molecule has 3 saturated heterocycles. The van der Waals surface area contributed by atoms with Crippen molar-refractivity contribution in [3.8, 4) is 6.07 Å². The number of anilines is 1. The first kappa shape index (κ1) is 18.9. The van der Waals surface area contributed by atoms with Gasteiger partial charge in [0.1, 0.15) is 5.60 Å². The average Bonchev–Trinajstić information content (AvgIpc) is 3.14. The van der Waals surface area contributed by atoms with Crippen molar-refractivity contribution in [2.24, 2.45) is 11.8 Å². The van der Waals surface area contributed by atoms with Crippen molar-refractivity contribution in [2.75, 3.05) is 12.0 Å². The summed E-state index contributed by atoms with van der Waals surface area (Å²) in [6.45, 7) is 3.43. The van der Waals surface area contributed by atoms with Crippen LogP contribution in [-0.2, 0) is 25.2 Å². The SMILES string of the molecule is CO[C@H]1C[C@@]2(C)O[C@]1(C)[C@@H]1C(=O)N(c3ccc(C#N)c(C(F)(F)F)c3)C(=O)[C@@H]12. The number of fused-ring (bicyclic) bond motifs is 5.